The second-order valence-corrected chi connectivity index (χ2v) is 10.1. The Morgan fingerprint density at radius 3 is 2.61 bits per heavy atom. The molecule has 0 amide bonds. The van der Waals surface area contributed by atoms with E-state index in [0.29, 0.717) is 34.3 Å². The number of benzene rings is 2. The molecule has 10 heteroatoms. The summed E-state index contributed by atoms with van der Waals surface area (Å²) in [6.45, 7) is 0. The summed E-state index contributed by atoms with van der Waals surface area (Å²) < 4.78 is 2.48. The van der Waals surface area contributed by atoms with Crippen molar-refractivity contribution in [3.8, 4) is 16.8 Å². The van der Waals surface area contributed by atoms with Crippen LogP contribution >= 0.6 is 11.6 Å². The predicted molar refractivity (Wildman–Crippen MR) is 142 cm³/mol. The zero-order chi connectivity index (χ0) is 26.2. The maximum absolute atomic E-state index is 13.5. The van der Waals surface area contributed by atoms with E-state index in [9.17, 15) is 15.1 Å². The van der Waals surface area contributed by atoms with Crippen molar-refractivity contribution in [1.82, 2.24) is 20.2 Å². The molecule has 1 atom stereocenters. The Morgan fingerprint density at radius 2 is 1.92 bits per heavy atom. The van der Waals surface area contributed by atoms with Crippen molar-refractivity contribution in [1.29, 1.82) is 0 Å². The quantitative estimate of drug-likeness (QED) is 0.252. The molecule has 2 aliphatic rings. The molecule has 9 nitrogen and oxygen atoms in total. The summed E-state index contributed by atoms with van der Waals surface area (Å²) in [7, 11) is 0. The number of nitrogens with zero attached hydrogens (tertiary/aromatic N) is 6. The van der Waals surface area contributed by atoms with Gasteiger partial charge in [0, 0.05) is 40.5 Å². The number of aromatic carboxylic acids is 1. The van der Waals surface area contributed by atoms with Crippen LogP contribution in [0.15, 0.2) is 78.3 Å². The van der Waals surface area contributed by atoms with Gasteiger partial charge in [-0.15, -0.1) is 5.10 Å². The predicted octanol–water partition coefficient (Wildman–Crippen LogP) is 5.08. The molecule has 0 bridgehead atoms. The summed E-state index contributed by atoms with van der Waals surface area (Å²) in [5.41, 5.74) is 5.95. The number of tetrazole rings is 1. The fraction of sp³-hybridized carbons (Fsp3) is 0.214. The lowest BCUT2D eigenvalue weighted by molar-refractivity contribution is -0.614. The molecule has 0 radical (unpaired) electrons. The van der Waals surface area contributed by atoms with E-state index in [0.717, 1.165) is 46.4 Å². The first kappa shape index (κ1) is 24.0. The number of halogens is 1. The topological polar surface area (TPSA) is 120 Å². The van der Waals surface area contributed by atoms with Crippen molar-refractivity contribution in [3.63, 3.8) is 0 Å². The van der Waals surface area contributed by atoms with Crippen molar-refractivity contribution < 1.29 is 14.6 Å². The molecule has 1 unspecified atom stereocenters. The Bertz CT molecular complexity index is 1580. The van der Waals surface area contributed by atoms with Gasteiger partial charge in [0.1, 0.15) is 6.33 Å². The molecule has 6 rings (SSSR count). The fourth-order valence-electron chi connectivity index (χ4n) is 4.91. The SMILES string of the molecule is O=C(O)c1ccc(C2=CN=C(C(CC3CC3)c3ccc(-c4cc(Cl)ccc4-n4cnnn4)c[n+]3[O-])C2)cc1. The normalized spacial score (nSPS) is 15.7. The van der Waals surface area contributed by atoms with E-state index in [1.165, 1.54) is 11.0 Å². The van der Waals surface area contributed by atoms with Crippen molar-refractivity contribution in [2.24, 2.45) is 10.9 Å². The van der Waals surface area contributed by atoms with Crippen molar-refractivity contribution in [2.45, 2.75) is 31.6 Å². The van der Waals surface area contributed by atoms with Gasteiger partial charge < -0.3 is 10.3 Å². The first-order valence-electron chi connectivity index (χ1n) is 12.3. The summed E-state index contributed by atoms with van der Waals surface area (Å²) in [5, 5.41) is 34.6. The number of carboxylic acids is 1. The summed E-state index contributed by atoms with van der Waals surface area (Å²) in [5.74, 6) is -0.482. The van der Waals surface area contributed by atoms with Crippen LogP contribution in [0.4, 0.5) is 0 Å². The highest BCUT2D eigenvalue weighted by Crippen LogP contribution is 2.41. The minimum atomic E-state index is -0.954. The minimum Gasteiger partial charge on any atom is -0.618 e. The van der Waals surface area contributed by atoms with Crippen LogP contribution in [0.5, 0.6) is 0 Å². The van der Waals surface area contributed by atoms with E-state index in [-0.39, 0.29) is 11.5 Å². The Labute approximate surface area is 223 Å². The van der Waals surface area contributed by atoms with E-state index in [1.807, 2.05) is 24.4 Å². The van der Waals surface area contributed by atoms with E-state index in [4.69, 9.17) is 16.6 Å². The third kappa shape index (κ3) is 4.80. The summed E-state index contributed by atoms with van der Waals surface area (Å²) in [4.78, 5) is 15.9. The lowest BCUT2D eigenvalue weighted by Gasteiger charge is -2.18. The number of carboxylic acid groups (broad SMARTS) is 1. The highest BCUT2D eigenvalue weighted by atomic mass is 35.5. The van der Waals surface area contributed by atoms with E-state index in [2.05, 4.69) is 15.5 Å². The third-order valence-electron chi connectivity index (χ3n) is 7.10. The fourth-order valence-corrected chi connectivity index (χ4v) is 5.08. The van der Waals surface area contributed by atoms with Crippen molar-refractivity contribution in [2.75, 3.05) is 0 Å². The van der Waals surface area contributed by atoms with E-state index >= 15 is 0 Å². The highest BCUT2D eigenvalue weighted by molar-refractivity contribution is 6.31. The smallest absolute Gasteiger partial charge is 0.335 e. The van der Waals surface area contributed by atoms with Gasteiger partial charge in [-0.25, -0.2) is 4.79 Å². The lowest BCUT2D eigenvalue weighted by atomic mass is 9.88. The van der Waals surface area contributed by atoms with Crippen LogP contribution in [-0.4, -0.2) is 37.0 Å². The molecule has 3 heterocycles. The lowest BCUT2D eigenvalue weighted by Crippen LogP contribution is -2.35. The maximum atomic E-state index is 13.5. The zero-order valence-corrected chi connectivity index (χ0v) is 21.0. The molecule has 1 N–H and O–H groups in total. The van der Waals surface area contributed by atoms with Gasteiger partial charge in [-0.2, -0.15) is 9.41 Å². The Balaban J connectivity index is 1.29. The molecular weight excluding hydrogens is 504 g/mol. The number of aromatic nitrogens is 5. The molecule has 1 aliphatic heterocycles. The number of hydrogen-bond acceptors (Lipinski definition) is 6. The van der Waals surface area contributed by atoms with Gasteiger partial charge in [-0.1, -0.05) is 36.6 Å². The van der Waals surface area contributed by atoms with Crippen molar-refractivity contribution in [3.05, 3.63) is 100 Å². The van der Waals surface area contributed by atoms with Crippen LogP contribution in [0.3, 0.4) is 0 Å². The summed E-state index contributed by atoms with van der Waals surface area (Å²) in [6, 6.07) is 16.0. The van der Waals surface area contributed by atoms with Crippen LogP contribution in [0, 0.1) is 11.1 Å². The van der Waals surface area contributed by atoms with Crippen LogP contribution in [0.2, 0.25) is 5.02 Å². The monoisotopic (exact) mass is 526 g/mol. The molecule has 0 saturated heterocycles. The first-order valence-corrected chi connectivity index (χ1v) is 12.7. The molecule has 1 fully saturated rings. The van der Waals surface area contributed by atoms with Gasteiger partial charge in [0.15, 0.2) is 6.20 Å². The molecule has 38 heavy (non-hydrogen) atoms. The molecule has 1 aliphatic carbocycles. The molecule has 190 valence electrons. The maximum Gasteiger partial charge on any atom is 0.335 e. The molecule has 1 saturated carbocycles. The average molecular weight is 527 g/mol. The summed E-state index contributed by atoms with van der Waals surface area (Å²) >= 11 is 6.29. The van der Waals surface area contributed by atoms with Gasteiger partial charge in [-0.3, -0.25) is 4.99 Å². The van der Waals surface area contributed by atoms with Crippen molar-refractivity contribution >= 4 is 28.9 Å². The van der Waals surface area contributed by atoms with Gasteiger partial charge in [0.25, 0.3) is 0 Å². The molecular formula is C28H23ClN6O3. The number of pyridine rings is 1. The second-order valence-electron chi connectivity index (χ2n) is 9.65. The van der Waals surface area contributed by atoms with Gasteiger partial charge in [-0.05, 0) is 70.3 Å². The van der Waals surface area contributed by atoms with Crippen LogP contribution in [0.1, 0.15) is 53.2 Å². The standard InChI is InChI=1S/C28H23ClN6O3/c29-22-8-10-26(34-16-31-32-33-34)23(13-22)20-7-9-27(35(38)15-20)24(11-17-1-2-17)25-12-21(14-30-25)18-3-5-19(6-4-18)28(36)37/h3-10,13-17,24H,1-2,11-12H2,(H,36,37). The van der Waals surface area contributed by atoms with Gasteiger partial charge in [0.05, 0.1) is 17.2 Å². The number of rotatable bonds is 8. The van der Waals surface area contributed by atoms with E-state index < -0.39 is 5.97 Å². The second kappa shape index (κ2) is 9.83. The number of hydrogen-bond donors (Lipinski definition) is 1. The Hall–Kier alpha value is -4.37. The molecule has 0 spiro atoms. The number of aliphatic imine (C=N–C) groups is 1. The summed E-state index contributed by atoms with van der Waals surface area (Å²) in [6.07, 6.45) is 8.71. The average Bonchev–Trinajstić information content (AvgIpc) is 3.36. The van der Waals surface area contributed by atoms with Gasteiger partial charge in [0.2, 0.25) is 5.69 Å². The van der Waals surface area contributed by atoms with Crippen LogP contribution in [0.25, 0.3) is 22.4 Å². The van der Waals surface area contributed by atoms with E-state index in [1.54, 1.807) is 42.6 Å². The molecule has 2 aromatic carbocycles. The highest BCUT2D eigenvalue weighted by Gasteiger charge is 2.34. The first-order chi connectivity index (χ1) is 18.5. The zero-order valence-electron chi connectivity index (χ0n) is 20.2. The molecule has 2 aromatic heterocycles. The van der Waals surface area contributed by atoms with Crippen LogP contribution < -0.4 is 4.73 Å². The number of allylic oxidation sites excluding steroid dienone is 1. The number of carbonyl (C=O) groups is 1. The third-order valence-corrected chi connectivity index (χ3v) is 7.33. The van der Waals surface area contributed by atoms with Crippen LogP contribution in [-0.2, 0) is 0 Å². The minimum absolute atomic E-state index is 0.112. The molecule has 4 aromatic rings. The largest absolute Gasteiger partial charge is 0.618 e. The Morgan fingerprint density at radius 1 is 1.13 bits per heavy atom. The van der Waals surface area contributed by atoms with Gasteiger partial charge >= 0.3 is 5.97 Å². The Kier molecular flexibility index (Phi) is 6.21.